The molecule has 0 spiro atoms. The van der Waals surface area contributed by atoms with Gasteiger partial charge < -0.3 is 11.1 Å². The number of nitrogens with one attached hydrogen (secondary N) is 1. The molecule has 7 nitrogen and oxygen atoms in total. The van der Waals surface area contributed by atoms with Gasteiger partial charge in [0, 0.05) is 5.69 Å². The molecule has 0 aliphatic rings. The van der Waals surface area contributed by atoms with Gasteiger partial charge in [0.1, 0.15) is 5.82 Å². The summed E-state index contributed by atoms with van der Waals surface area (Å²) < 4.78 is 1.35. The van der Waals surface area contributed by atoms with Crippen molar-refractivity contribution in [3.8, 4) is 5.69 Å². The second kappa shape index (κ2) is 6.29. The van der Waals surface area contributed by atoms with Gasteiger partial charge in [-0.3, -0.25) is 4.79 Å². The second-order valence-corrected chi connectivity index (χ2v) is 5.58. The quantitative estimate of drug-likeness (QED) is 0.749. The number of anilines is 1. The predicted octanol–water partition coefficient (Wildman–Crippen LogP) is 1.64. The number of amides is 1. The smallest absolute Gasteiger partial charge is 0.355 e. The van der Waals surface area contributed by atoms with E-state index in [1.54, 1.807) is 36.4 Å². The largest absolute Gasteiger partial charge is 0.368 e. The van der Waals surface area contributed by atoms with Crippen molar-refractivity contribution in [2.45, 2.75) is 6.92 Å². The molecule has 122 valence electrons. The Kier molecular flexibility index (Phi) is 4.18. The standard InChI is InChI=1S/C16H14ClN5O2/c1-9-6-7-10-14(19-8-13(18)23)21-16(24)22(15(10)20-9)12-5-3-2-4-11(12)17/h2-7H,8H2,1H3,(H2,18,23)(H,19,21,24). The fraction of sp³-hybridized carbons (Fsp3) is 0.125. The topological polar surface area (TPSA) is 103 Å². The van der Waals surface area contributed by atoms with Gasteiger partial charge in [-0.15, -0.1) is 0 Å². The minimum Gasteiger partial charge on any atom is -0.368 e. The first kappa shape index (κ1) is 15.9. The molecule has 0 saturated heterocycles. The average molecular weight is 344 g/mol. The Labute approximate surface area is 142 Å². The van der Waals surface area contributed by atoms with E-state index in [2.05, 4.69) is 15.3 Å². The van der Waals surface area contributed by atoms with Crippen LogP contribution in [0, 0.1) is 6.92 Å². The number of halogens is 1. The molecule has 1 amide bonds. The van der Waals surface area contributed by atoms with Crippen LogP contribution in [0.25, 0.3) is 16.7 Å². The summed E-state index contributed by atoms with van der Waals surface area (Å²) in [4.78, 5) is 32.0. The normalized spacial score (nSPS) is 10.8. The van der Waals surface area contributed by atoms with Crippen LogP contribution in [0.2, 0.25) is 5.02 Å². The summed E-state index contributed by atoms with van der Waals surface area (Å²) in [5.74, 6) is -0.301. The van der Waals surface area contributed by atoms with Crippen LogP contribution in [0.3, 0.4) is 0 Å². The highest BCUT2D eigenvalue weighted by atomic mass is 35.5. The summed E-state index contributed by atoms with van der Waals surface area (Å²) in [5.41, 5.74) is 6.20. The Morgan fingerprint density at radius 3 is 2.71 bits per heavy atom. The molecule has 0 aliphatic heterocycles. The van der Waals surface area contributed by atoms with Crippen LogP contribution in [-0.4, -0.2) is 27.0 Å². The van der Waals surface area contributed by atoms with Crippen LogP contribution >= 0.6 is 11.6 Å². The lowest BCUT2D eigenvalue weighted by atomic mass is 10.2. The van der Waals surface area contributed by atoms with Crippen molar-refractivity contribution >= 4 is 34.4 Å². The van der Waals surface area contributed by atoms with Gasteiger partial charge >= 0.3 is 5.69 Å². The Hall–Kier alpha value is -2.93. The van der Waals surface area contributed by atoms with Crippen molar-refractivity contribution in [3.63, 3.8) is 0 Å². The van der Waals surface area contributed by atoms with E-state index >= 15 is 0 Å². The molecule has 3 N–H and O–H groups in total. The monoisotopic (exact) mass is 343 g/mol. The van der Waals surface area contributed by atoms with Crippen LogP contribution in [-0.2, 0) is 4.79 Å². The van der Waals surface area contributed by atoms with E-state index in [0.717, 1.165) is 5.69 Å². The van der Waals surface area contributed by atoms with Crippen LogP contribution in [0.1, 0.15) is 5.69 Å². The van der Waals surface area contributed by atoms with E-state index < -0.39 is 11.6 Å². The van der Waals surface area contributed by atoms with E-state index in [4.69, 9.17) is 17.3 Å². The number of primary amides is 1. The molecule has 0 atom stereocenters. The first-order chi connectivity index (χ1) is 11.5. The second-order valence-electron chi connectivity index (χ2n) is 5.17. The minimum atomic E-state index is -0.555. The lowest BCUT2D eigenvalue weighted by molar-refractivity contribution is -0.116. The molecule has 24 heavy (non-hydrogen) atoms. The molecule has 0 fully saturated rings. The maximum atomic E-state index is 12.6. The maximum absolute atomic E-state index is 12.6. The third-order valence-electron chi connectivity index (χ3n) is 3.40. The molecular formula is C16H14ClN5O2. The first-order valence-electron chi connectivity index (χ1n) is 7.15. The van der Waals surface area contributed by atoms with Gasteiger partial charge in [-0.1, -0.05) is 23.7 Å². The Bertz CT molecular complexity index is 999. The van der Waals surface area contributed by atoms with Crippen molar-refractivity contribution in [1.82, 2.24) is 14.5 Å². The number of fused-ring (bicyclic) bond motifs is 1. The summed E-state index contributed by atoms with van der Waals surface area (Å²) in [6.45, 7) is 1.68. The molecule has 0 saturated carbocycles. The van der Waals surface area contributed by atoms with E-state index in [-0.39, 0.29) is 12.4 Å². The van der Waals surface area contributed by atoms with E-state index in [1.165, 1.54) is 4.57 Å². The number of rotatable bonds is 4. The third-order valence-corrected chi connectivity index (χ3v) is 3.72. The Morgan fingerprint density at radius 2 is 2.00 bits per heavy atom. The van der Waals surface area contributed by atoms with Gasteiger partial charge in [-0.25, -0.2) is 14.3 Å². The predicted molar refractivity (Wildman–Crippen MR) is 92.6 cm³/mol. The van der Waals surface area contributed by atoms with Crippen molar-refractivity contribution in [2.75, 3.05) is 11.9 Å². The lowest BCUT2D eigenvalue weighted by Gasteiger charge is -2.13. The van der Waals surface area contributed by atoms with Gasteiger partial charge in [0.15, 0.2) is 5.65 Å². The van der Waals surface area contributed by atoms with Crippen molar-refractivity contribution in [1.29, 1.82) is 0 Å². The lowest BCUT2D eigenvalue weighted by Crippen LogP contribution is -2.27. The molecule has 2 aromatic heterocycles. The molecule has 8 heteroatoms. The molecule has 0 bridgehead atoms. The highest BCUT2D eigenvalue weighted by Gasteiger charge is 2.15. The fourth-order valence-electron chi connectivity index (χ4n) is 2.35. The zero-order valence-electron chi connectivity index (χ0n) is 12.8. The highest BCUT2D eigenvalue weighted by molar-refractivity contribution is 6.32. The third kappa shape index (κ3) is 2.93. The van der Waals surface area contributed by atoms with Crippen molar-refractivity contribution in [2.24, 2.45) is 5.73 Å². The number of nitrogens with two attached hydrogens (primary N) is 1. The maximum Gasteiger partial charge on any atom is 0.355 e. The number of nitrogens with zero attached hydrogens (tertiary/aromatic N) is 3. The molecule has 0 unspecified atom stereocenters. The summed E-state index contributed by atoms with van der Waals surface area (Å²) in [6.07, 6.45) is 0. The highest BCUT2D eigenvalue weighted by Crippen LogP contribution is 2.24. The number of para-hydroxylation sites is 1. The number of hydrogen-bond acceptors (Lipinski definition) is 5. The van der Waals surface area contributed by atoms with E-state index in [0.29, 0.717) is 21.7 Å². The number of carbonyl (C=O) groups excluding carboxylic acids is 1. The molecule has 3 rings (SSSR count). The van der Waals surface area contributed by atoms with Crippen LogP contribution in [0.15, 0.2) is 41.2 Å². The van der Waals surface area contributed by atoms with E-state index in [1.807, 2.05) is 6.92 Å². The zero-order valence-corrected chi connectivity index (χ0v) is 13.5. The van der Waals surface area contributed by atoms with Gasteiger partial charge in [-0.2, -0.15) is 4.98 Å². The Morgan fingerprint density at radius 1 is 1.25 bits per heavy atom. The van der Waals surface area contributed by atoms with Gasteiger partial charge in [0.05, 0.1) is 22.6 Å². The Balaban J connectivity index is 2.32. The molecule has 1 aromatic carbocycles. The molecule has 2 heterocycles. The van der Waals surface area contributed by atoms with Crippen molar-refractivity contribution in [3.05, 3.63) is 57.6 Å². The summed E-state index contributed by atoms with van der Waals surface area (Å²) in [5, 5.41) is 3.76. The number of pyridine rings is 1. The molecule has 0 aliphatic carbocycles. The van der Waals surface area contributed by atoms with Gasteiger partial charge in [0.25, 0.3) is 0 Å². The van der Waals surface area contributed by atoms with Gasteiger partial charge in [-0.05, 0) is 31.2 Å². The number of aromatic nitrogens is 3. The molecule has 3 aromatic rings. The first-order valence-corrected chi connectivity index (χ1v) is 7.52. The number of aryl methyl sites for hydroxylation is 1. The number of benzene rings is 1. The van der Waals surface area contributed by atoms with Crippen LogP contribution < -0.4 is 16.7 Å². The SMILES string of the molecule is Cc1ccc2c(NCC(N)=O)nc(=O)n(-c3ccccc3Cl)c2n1. The van der Waals surface area contributed by atoms with Gasteiger partial charge in [0.2, 0.25) is 5.91 Å². The van der Waals surface area contributed by atoms with E-state index in [9.17, 15) is 9.59 Å². The molecular weight excluding hydrogens is 330 g/mol. The summed E-state index contributed by atoms with van der Waals surface area (Å²) in [7, 11) is 0. The van der Waals surface area contributed by atoms with Crippen LogP contribution in [0.5, 0.6) is 0 Å². The van der Waals surface area contributed by atoms with Crippen LogP contribution in [0.4, 0.5) is 5.82 Å². The molecule has 0 radical (unpaired) electrons. The van der Waals surface area contributed by atoms with Crippen molar-refractivity contribution < 1.29 is 4.79 Å². The summed E-state index contributed by atoms with van der Waals surface area (Å²) in [6, 6.07) is 10.5. The fourth-order valence-corrected chi connectivity index (χ4v) is 2.57. The minimum absolute atomic E-state index is 0.133. The number of carbonyl (C=O) groups is 1. The average Bonchev–Trinajstić information content (AvgIpc) is 2.53. The summed E-state index contributed by atoms with van der Waals surface area (Å²) >= 11 is 6.22. The zero-order chi connectivity index (χ0) is 17.3. The number of hydrogen-bond donors (Lipinski definition) is 2.